The van der Waals surface area contributed by atoms with Crippen LogP contribution >= 0.6 is 11.6 Å². The first-order valence-corrected chi connectivity index (χ1v) is 4.26. The van der Waals surface area contributed by atoms with Crippen LogP contribution in [0.25, 0.3) is 0 Å². The fourth-order valence-electron chi connectivity index (χ4n) is 0.869. The van der Waals surface area contributed by atoms with E-state index in [4.69, 9.17) is 16.3 Å². The standard InChI is InChI=1S/C9H12ClNO/c1-6(2)12-8-4-7(3)9(10)11-5-8/h4-6H,1-3H3. The molecule has 0 saturated heterocycles. The summed E-state index contributed by atoms with van der Waals surface area (Å²) >= 11 is 5.75. The van der Waals surface area contributed by atoms with E-state index in [1.165, 1.54) is 0 Å². The zero-order valence-corrected chi connectivity index (χ0v) is 8.22. The molecule has 0 atom stereocenters. The number of hydrogen-bond donors (Lipinski definition) is 0. The van der Waals surface area contributed by atoms with Crippen molar-refractivity contribution < 1.29 is 4.74 Å². The monoisotopic (exact) mass is 185 g/mol. The zero-order chi connectivity index (χ0) is 9.14. The van der Waals surface area contributed by atoms with Gasteiger partial charge < -0.3 is 4.74 Å². The van der Waals surface area contributed by atoms with Crippen LogP contribution in [0.1, 0.15) is 19.4 Å². The lowest BCUT2D eigenvalue weighted by atomic mass is 10.3. The number of halogens is 1. The Balaban J connectivity index is 2.82. The molecule has 0 bridgehead atoms. The van der Waals surface area contributed by atoms with Crippen LogP contribution in [-0.2, 0) is 0 Å². The lowest BCUT2D eigenvalue weighted by Gasteiger charge is -2.09. The van der Waals surface area contributed by atoms with E-state index in [9.17, 15) is 0 Å². The van der Waals surface area contributed by atoms with Gasteiger partial charge in [0, 0.05) is 0 Å². The third-order valence-corrected chi connectivity index (χ3v) is 1.76. The molecule has 1 aromatic rings. The van der Waals surface area contributed by atoms with Gasteiger partial charge in [-0.15, -0.1) is 0 Å². The fraction of sp³-hybridized carbons (Fsp3) is 0.444. The summed E-state index contributed by atoms with van der Waals surface area (Å²) in [6.45, 7) is 5.86. The Hall–Kier alpha value is -0.760. The molecule has 12 heavy (non-hydrogen) atoms. The molecule has 2 nitrogen and oxygen atoms in total. The predicted octanol–water partition coefficient (Wildman–Crippen LogP) is 2.83. The van der Waals surface area contributed by atoms with Crippen LogP contribution in [-0.4, -0.2) is 11.1 Å². The normalized spacial score (nSPS) is 10.4. The molecule has 0 aliphatic rings. The highest BCUT2D eigenvalue weighted by molar-refractivity contribution is 6.30. The van der Waals surface area contributed by atoms with Crippen LogP contribution in [0.3, 0.4) is 0 Å². The van der Waals surface area contributed by atoms with Gasteiger partial charge in [0.1, 0.15) is 10.9 Å². The van der Waals surface area contributed by atoms with Crippen molar-refractivity contribution in [2.24, 2.45) is 0 Å². The Labute approximate surface area is 77.5 Å². The smallest absolute Gasteiger partial charge is 0.138 e. The van der Waals surface area contributed by atoms with Gasteiger partial charge in [-0.2, -0.15) is 0 Å². The summed E-state index contributed by atoms with van der Waals surface area (Å²) in [6.07, 6.45) is 1.81. The summed E-state index contributed by atoms with van der Waals surface area (Å²) in [5, 5.41) is 0.533. The van der Waals surface area contributed by atoms with Gasteiger partial charge in [0.25, 0.3) is 0 Å². The topological polar surface area (TPSA) is 22.1 Å². The maximum Gasteiger partial charge on any atom is 0.138 e. The maximum atomic E-state index is 5.75. The Bertz CT molecular complexity index is 273. The van der Waals surface area contributed by atoms with E-state index in [2.05, 4.69) is 4.98 Å². The van der Waals surface area contributed by atoms with E-state index in [-0.39, 0.29) is 6.10 Å². The lowest BCUT2D eigenvalue weighted by molar-refractivity contribution is 0.241. The summed E-state index contributed by atoms with van der Waals surface area (Å²) in [5.41, 5.74) is 0.940. The van der Waals surface area contributed by atoms with Gasteiger partial charge in [-0.1, -0.05) is 11.6 Å². The van der Waals surface area contributed by atoms with Crippen LogP contribution in [0.15, 0.2) is 12.3 Å². The Morgan fingerprint density at radius 3 is 2.67 bits per heavy atom. The summed E-state index contributed by atoms with van der Waals surface area (Å²) in [7, 11) is 0. The highest BCUT2D eigenvalue weighted by Crippen LogP contribution is 2.18. The van der Waals surface area contributed by atoms with E-state index in [1.807, 2.05) is 26.8 Å². The Kier molecular flexibility index (Phi) is 2.93. The molecule has 0 amide bonds. The first kappa shape index (κ1) is 9.33. The molecule has 1 rings (SSSR count). The van der Waals surface area contributed by atoms with Crippen LogP contribution in [0.2, 0.25) is 5.15 Å². The lowest BCUT2D eigenvalue weighted by Crippen LogP contribution is -2.05. The highest BCUT2D eigenvalue weighted by atomic mass is 35.5. The largest absolute Gasteiger partial charge is 0.489 e. The molecule has 1 aromatic heterocycles. The third kappa shape index (κ3) is 2.38. The van der Waals surface area contributed by atoms with Crippen LogP contribution in [0, 0.1) is 6.92 Å². The molecule has 3 heteroatoms. The van der Waals surface area contributed by atoms with Crippen molar-refractivity contribution in [2.45, 2.75) is 26.9 Å². The third-order valence-electron chi connectivity index (χ3n) is 1.36. The van der Waals surface area contributed by atoms with Crippen molar-refractivity contribution in [1.29, 1.82) is 0 Å². The molecule has 0 spiro atoms. The van der Waals surface area contributed by atoms with Crippen molar-refractivity contribution in [1.82, 2.24) is 4.98 Å². The van der Waals surface area contributed by atoms with Gasteiger partial charge in [-0.05, 0) is 32.4 Å². The van der Waals surface area contributed by atoms with E-state index >= 15 is 0 Å². The number of nitrogens with zero attached hydrogens (tertiary/aromatic N) is 1. The molecule has 0 N–H and O–H groups in total. The van der Waals surface area contributed by atoms with Crippen molar-refractivity contribution in [3.8, 4) is 5.75 Å². The summed E-state index contributed by atoms with van der Waals surface area (Å²) < 4.78 is 5.43. The van der Waals surface area contributed by atoms with Gasteiger partial charge >= 0.3 is 0 Å². The number of aromatic nitrogens is 1. The summed E-state index contributed by atoms with van der Waals surface area (Å²) in [6, 6.07) is 1.88. The van der Waals surface area contributed by atoms with Crippen LogP contribution < -0.4 is 4.74 Å². The molecular weight excluding hydrogens is 174 g/mol. The molecule has 0 radical (unpaired) electrons. The van der Waals surface area contributed by atoms with Gasteiger partial charge in [0.15, 0.2) is 0 Å². The number of aryl methyl sites for hydroxylation is 1. The number of pyridine rings is 1. The second-order valence-corrected chi connectivity index (χ2v) is 3.30. The molecule has 0 fully saturated rings. The van der Waals surface area contributed by atoms with E-state index in [0.717, 1.165) is 11.3 Å². The average molecular weight is 186 g/mol. The Morgan fingerprint density at radius 1 is 1.50 bits per heavy atom. The quantitative estimate of drug-likeness (QED) is 0.661. The minimum Gasteiger partial charge on any atom is -0.489 e. The number of ether oxygens (including phenoxy) is 1. The predicted molar refractivity (Wildman–Crippen MR) is 49.7 cm³/mol. The SMILES string of the molecule is Cc1cc(OC(C)C)cnc1Cl. The molecule has 0 aliphatic heterocycles. The average Bonchev–Trinajstić information content (AvgIpc) is 1.96. The first-order chi connectivity index (χ1) is 5.59. The van der Waals surface area contributed by atoms with Crippen molar-refractivity contribution >= 4 is 11.6 Å². The van der Waals surface area contributed by atoms with Crippen molar-refractivity contribution in [3.63, 3.8) is 0 Å². The van der Waals surface area contributed by atoms with Gasteiger partial charge in [-0.25, -0.2) is 4.98 Å². The molecule has 0 unspecified atom stereocenters. The molecular formula is C9H12ClNO. The molecule has 1 heterocycles. The number of hydrogen-bond acceptors (Lipinski definition) is 2. The first-order valence-electron chi connectivity index (χ1n) is 3.88. The van der Waals surface area contributed by atoms with Gasteiger partial charge in [0.05, 0.1) is 12.3 Å². The maximum absolute atomic E-state index is 5.75. The van der Waals surface area contributed by atoms with Crippen LogP contribution in [0.5, 0.6) is 5.75 Å². The molecule has 0 aliphatic carbocycles. The summed E-state index contributed by atoms with van der Waals surface area (Å²) in [4.78, 5) is 3.97. The highest BCUT2D eigenvalue weighted by Gasteiger charge is 2.00. The molecule has 0 aromatic carbocycles. The minimum atomic E-state index is 0.173. The van der Waals surface area contributed by atoms with E-state index in [0.29, 0.717) is 5.15 Å². The van der Waals surface area contributed by atoms with Crippen molar-refractivity contribution in [3.05, 3.63) is 23.0 Å². The second kappa shape index (κ2) is 3.76. The second-order valence-electron chi connectivity index (χ2n) is 2.95. The van der Waals surface area contributed by atoms with Gasteiger partial charge in [-0.3, -0.25) is 0 Å². The van der Waals surface area contributed by atoms with Crippen LogP contribution in [0.4, 0.5) is 0 Å². The number of rotatable bonds is 2. The summed E-state index contributed by atoms with van der Waals surface area (Å²) in [5.74, 6) is 0.770. The fourth-order valence-corrected chi connectivity index (χ4v) is 0.972. The van der Waals surface area contributed by atoms with E-state index < -0.39 is 0 Å². The minimum absolute atomic E-state index is 0.173. The van der Waals surface area contributed by atoms with E-state index in [1.54, 1.807) is 6.20 Å². The molecule has 0 saturated carbocycles. The zero-order valence-electron chi connectivity index (χ0n) is 7.47. The molecule has 66 valence electrons. The van der Waals surface area contributed by atoms with Crippen molar-refractivity contribution in [2.75, 3.05) is 0 Å². The van der Waals surface area contributed by atoms with Gasteiger partial charge in [0.2, 0.25) is 0 Å². The Morgan fingerprint density at radius 2 is 2.17 bits per heavy atom.